The van der Waals surface area contributed by atoms with Crippen LogP contribution in [0.15, 0.2) is 54.7 Å². The highest BCUT2D eigenvalue weighted by Crippen LogP contribution is 2.20. The van der Waals surface area contributed by atoms with Crippen LogP contribution in [-0.2, 0) is 13.2 Å². The monoisotopic (exact) mass is 407 g/mol. The van der Waals surface area contributed by atoms with Gasteiger partial charge >= 0.3 is 0 Å². The van der Waals surface area contributed by atoms with Crippen molar-refractivity contribution in [3.05, 3.63) is 77.1 Å². The van der Waals surface area contributed by atoms with E-state index in [0.29, 0.717) is 18.8 Å². The lowest BCUT2D eigenvalue weighted by molar-refractivity contribution is 0.0939. The van der Waals surface area contributed by atoms with Crippen molar-refractivity contribution in [2.75, 3.05) is 6.61 Å². The molecule has 0 aliphatic heterocycles. The fourth-order valence-corrected chi connectivity index (χ4v) is 3.33. The van der Waals surface area contributed by atoms with E-state index in [4.69, 9.17) is 9.47 Å². The quantitative estimate of drug-likeness (QED) is 0.559. The third-order valence-electron chi connectivity index (χ3n) is 4.98. The van der Waals surface area contributed by atoms with Crippen LogP contribution in [-0.4, -0.2) is 22.3 Å². The highest BCUT2D eigenvalue weighted by atomic mass is 16.5. The van der Waals surface area contributed by atoms with Crippen LogP contribution < -0.4 is 14.8 Å². The first kappa shape index (κ1) is 21.4. The van der Waals surface area contributed by atoms with Crippen LogP contribution in [0.5, 0.6) is 11.5 Å². The lowest BCUT2D eigenvalue weighted by Crippen LogP contribution is -2.27. The number of hydrogen-bond acceptors (Lipinski definition) is 4. The Morgan fingerprint density at radius 3 is 2.43 bits per heavy atom. The maximum Gasteiger partial charge on any atom is 0.251 e. The number of carbonyl (C=O) groups is 1. The number of ether oxygens (including phenoxy) is 2. The number of carbonyl (C=O) groups excluding carboxylic acids is 1. The molecule has 0 aliphatic carbocycles. The summed E-state index contributed by atoms with van der Waals surface area (Å²) in [6.07, 6.45) is 1.82. The zero-order valence-electron chi connectivity index (χ0n) is 18.0. The molecule has 0 fully saturated rings. The molecule has 1 N–H and O–H groups in total. The van der Waals surface area contributed by atoms with E-state index in [2.05, 4.69) is 10.4 Å². The first-order valence-electron chi connectivity index (χ1n) is 10.3. The van der Waals surface area contributed by atoms with Gasteiger partial charge in [-0.2, -0.15) is 5.10 Å². The Balaban J connectivity index is 1.61. The predicted octanol–water partition coefficient (Wildman–Crippen LogP) is 4.68. The Morgan fingerprint density at radius 2 is 1.80 bits per heavy atom. The van der Waals surface area contributed by atoms with Crippen LogP contribution >= 0.6 is 0 Å². The van der Waals surface area contributed by atoms with Crippen molar-refractivity contribution >= 4 is 5.91 Å². The van der Waals surface area contributed by atoms with Crippen LogP contribution in [0.1, 0.15) is 54.0 Å². The Morgan fingerprint density at radius 1 is 1.10 bits per heavy atom. The van der Waals surface area contributed by atoms with Gasteiger partial charge in [-0.25, -0.2) is 0 Å². The molecule has 3 aromatic rings. The van der Waals surface area contributed by atoms with E-state index in [1.165, 1.54) is 0 Å². The topological polar surface area (TPSA) is 65.4 Å². The van der Waals surface area contributed by atoms with Crippen molar-refractivity contribution in [2.24, 2.45) is 0 Å². The zero-order valence-corrected chi connectivity index (χ0v) is 18.0. The molecule has 1 amide bonds. The third-order valence-corrected chi connectivity index (χ3v) is 4.98. The molecule has 3 rings (SSSR count). The van der Waals surface area contributed by atoms with Gasteiger partial charge in [0, 0.05) is 23.4 Å². The van der Waals surface area contributed by atoms with E-state index in [0.717, 1.165) is 34.9 Å². The van der Waals surface area contributed by atoms with E-state index in [1.54, 1.807) is 0 Å². The first-order chi connectivity index (χ1) is 14.5. The molecule has 6 nitrogen and oxygen atoms in total. The van der Waals surface area contributed by atoms with Gasteiger partial charge in [0.2, 0.25) is 0 Å². The van der Waals surface area contributed by atoms with Crippen molar-refractivity contribution in [1.29, 1.82) is 0 Å². The maximum absolute atomic E-state index is 12.7. The summed E-state index contributed by atoms with van der Waals surface area (Å²) in [7, 11) is 0. The Hall–Kier alpha value is -3.28. The van der Waals surface area contributed by atoms with Gasteiger partial charge < -0.3 is 14.8 Å². The van der Waals surface area contributed by atoms with Gasteiger partial charge in [0.25, 0.3) is 5.91 Å². The number of nitrogens with one attached hydrogen (secondary N) is 1. The minimum Gasteiger partial charge on any atom is -0.494 e. The maximum atomic E-state index is 12.7. The van der Waals surface area contributed by atoms with Gasteiger partial charge in [0.15, 0.2) is 0 Å². The molecule has 1 unspecified atom stereocenters. The standard InChI is InChI=1S/C24H29N3O3/c1-5-27-18(4)23(15-25-27)17(3)26-24(28)20-9-7-8-19(14-20)16-30-22-12-10-21(11-13-22)29-6-2/h7-15,17H,5-6,16H2,1-4H3,(H,26,28). The van der Waals surface area contributed by atoms with Crippen LogP contribution in [0.2, 0.25) is 0 Å². The smallest absolute Gasteiger partial charge is 0.251 e. The van der Waals surface area contributed by atoms with Gasteiger partial charge in [0.1, 0.15) is 18.1 Å². The first-order valence-corrected chi connectivity index (χ1v) is 10.3. The van der Waals surface area contributed by atoms with Crippen LogP contribution in [0, 0.1) is 6.92 Å². The van der Waals surface area contributed by atoms with Crippen molar-refractivity contribution in [3.8, 4) is 11.5 Å². The molecule has 0 saturated heterocycles. The molecule has 158 valence electrons. The van der Waals surface area contributed by atoms with Crippen molar-refractivity contribution < 1.29 is 14.3 Å². The molecular formula is C24H29N3O3. The summed E-state index contributed by atoms with van der Waals surface area (Å²) in [5, 5.41) is 7.42. The molecule has 6 heteroatoms. The molecule has 30 heavy (non-hydrogen) atoms. The summed E-state index contributed by atoms with van der Waals surface area (Å²) in [6, 6.07) is 14.9. The van der Waals surface area contributed by atoms with E-state index in [1.807, 2.05) is 87.1 Å². The fraction of sp³-hybridized carbons (Fsp3) is 0.333. The summed E-state index contributed by atoms with van der Waals surface area (Å²) in [5.74, 6) is 1.46. The second-order valence-corrected chi connectivity index (χ2v) is 7.09. The molecule has 0 bridgehead atoms. The summed E-state index contributed by atoms with van der Waals surface area (Å²) in [5.41, 5.74) is 3.64. The normalized spacial score (nSPS) is 11.7. The SMILES string of the molecule is CCOc1ccc(OCc2cccc(C(=O)NC(C)c3cnn(CC)c3C)c2)cc1. The van der Waals surface area contributed by atoms with Crippen LogP contribution in [0.25, 0.3) is 0 Å². The van der Waals surface area contributed by atoms with Crippen LogP contribution in [0.3, 0.4) is 0 Å². The number of rotatable bonds is 9. The summed E-state index contributed by atoms with van der Waals surface area (Å²) in [6.45, 7) is 9.82. The van der Waals surface area contributed by atoms with Crippen molar-refractivity contribution in [2.45, 2.75) is 46.9 Å². The molecule has 1 aromatic heterocycles. The molecule has 0 saturated carbocycles. The Labute approximate surface area is 177 Å². The molecular weight excluding hydrogens is 378 g/mol. The Kier molecular flexibility index (Phi) is 7.12. The molecule has 0 radical (unpaired) electrons. The Bertz CT molecular complexity index is 980. The van der Waals surface area contributed by atoms with Crippen molar-refractivity contribution in [3.63, 3.8) is 0 Å². The minimum absolute atomic E-state index is 0.117. The second-order valence-electron chi connectivity index (χ2n) is 7.09. The molecule has 2 aromatic carbocycles. The highest BCUT2D eigenvalue weighted by Gasteiger charge is 2.16. The van der Waals surface area contributed by atoms with Gasteiger partial charge in [0.05, 0.1) is 18.8 Å². The van der Waals surface area contributed by atoms with E-state index in [-0.39, 0.29) is 11.9 Å². The van der Waals surface area contributed by atoms with E-state index in [9.17, 15) is 4.79 Å². The number of benzene rings is 2. The minimum atomic E-state index is -0.124. The van der Waals surface area contributed by atoms with Gasteiger partial charge in [-0.15, -0.1) is 0 Å². The van der Waals surface area contributed by atoms with Crippen molar-refractivity contribution in [1.82, 2.24) is 15.1 Å². The molecule has 0 spiro atoms. The molecule has 1 atom stereocenters. The number of aromatic nitrogens is 2. The van der Waals surface area contributed by atoms with Gasteiger partial charge in [-0.3, -0.25) is 9.48 Å². The second kappa shape index (κ2) is 9.96. The average Bonchev–Trinajstić information content (AvgIpc) is 3.14. The number of nitrogens with zero attached hydrogens (tertiary/aromatic N) is 2. The predicted molar refractivity (Wildman–Crippen MR) is 117 cm³/mol. The lowest BCUT2D eigenvalue weighted by Gasteiger charge is -2.15. The lowest BCUT2D eigenvalue weighted by atomic mass is 10.1. The van der Waals surface area contributed by atoms with Gasteiger partial charge in [-0.05, 0) is 69.7 Å². The third kappa shape index (κ3) is 5.20. The number of hydrogen-bond donors (Lipinski definition) is 1. The highest BCUT2D eigenvalue weighted by molar-refractivity contribution is 5.94. The van der Waals surface area contributed by atoms with E-state index >= 15 is 0 Å². The fourth-order valence-electron chi connectivity index (χ4n) is 3.33. The summed E-state index contributed by atoms with van der Waals surface area (Å²) < 4.78 is 13.2. The molecule has 1 heterocycles. The average molecular weight is 408 g/mol. The summed E-state index contributed by atoms with van der Waals surface area (Å²) >= 11 is 0. The zero-order chi connectivity index (χ0) is 21.5. The van der Waals surface area contributed by atoms with Gasteiger partial charge in [-0.1, -0.05) is 12.1 Å². The number of amides is 1. The number of aryl methyl sites for hydroxylation is 1. The van der Waals surface area contributed by atoms with Crippen LogP contribution in [0.4, 0.5) is 0 Å². The van der Waals surface area contributed by atoms with E-state index < -0.39 is 0 Å². The summed E-state index contributed by atoms with van der Waals surface area (Å²) in [4.78, 5) is 12.7. The molecule has 0 aliphatic rings. The largest absolute Gasteiger partial charge is 0.494 e.